The summed E-state index contributed by atoms with van der Waals surface area (Å²) in [6, 6.07) is 29.2. The van der Waals surface area contributed by atoms with Gasteiger partial charge in [-0.3, -0.25) is 9.59 Å². The van der Waals surface area contributed by atoms with Crippen molar-refractivity contribution >= 4 is 39.1 Å². The minimum atomic E-state index is -4.01. The van der Waals surface area contributed by atoms with E-state index in [2.05, 4.69) is 16.0 Å². The molecule has 0 spiro atoms. The number of benzene rings is 4. The Morgan fingerprint density at radius 1 is 0.700 bits per heavy atom. The van der Waals surface area contributed by atoms with Gasteiger partial charge in [0.1, 0.15) is 5.25 Å². The van der Waals surface area contributed by atoms with Crippen LogP contribution >= 0.6 is 0 Å². The van der Waals surface area contributed by atoms with Crippen LogP contribution in [0, 0.1) is 0 Å². The fourth-order valence-corrected chi connectivity index (χ4v) is 5.71. The third kappa shape index (κ3) is 7.33. The van der Waals surface area contributed by atoms with E-state index in [1.807, 2.05) is 30.3 Å². The Morgan fingerprint density at radius 2 is 1.25 bits per heavy atom. The maximum Gasteiger partial charge on any atom is 0.319 e. The highest BCUT2D eigenvalue weighted by molar-refractivity contribution is 7.91. The van der Waals surface area contributed by atoms with Crippen molar-refractivity contribution in [1.29, 1.82) is 0 Å². The summed E-state index contributed by atoms with van der Waals surface area (Å²) in [7, 11) is -4.01. The second-order valence-corrected chi connectivity index (χ2v) is 11.0. The normalized spacial score (nSPS) is 11.7. The molecule has 0 heterocycles. The summed E-state index contributed by atoms with van der Waals surface area (Å²) in [5, 5.41) is 16.2. The van der Waals surface area contributed by atoms with Crippen molar-refractivity contribution < 1.29 is 27.9 Å². The van der Waals surface area contributed by atoms with Gasteiger partial charge < -0.3 is 21.1 Å². The first kappa shape index (κ1) is 28.1. The van der Waals surface area contributed by atoms with Gasteiger partial charge in [0.2, 0.25) is 0 Å². The van der Waals surface area contributed by atoms with E-state index in [-0.39, 0.29) is 10.9 Å². The third-order valence-corrected chi connectivity index (χ3v) is 8.16. The van der Waals surface area contributed by atoms with Gasteiger partial charge in [0.05, 0.1) is 11.3 Å². The van der Waals surface area contributed by atoms with E-state index >= 15 is 0 Å². The predicted octanol–water partition coefficient (Wildman–Crippen LogP) is 5.25. The number of carbonyl (C=O) groups excluding carboxylic acids is 2. The molecule has 0 bridgehead atoms. The first-order chi connectivity index (χ1) is 19.2. The van der Waals surface area contributed by atoms with Crippen molar-refractivity contribution in [3.05, 3.63) is 126 Å². The van der Waals surface area contributed by atoms with E-state index in [0.717, 1.165) is 5.56 Å². The maximum absolute atomic E-state index is 13.3. The molecule has 4 aromatic carbocycles. The average molecular weight is 558 g/mol. The van der Waals surface area contributed by atoms with Gasteiger partial charge >= 0.3 is 12.0 Å². The van der Waals surface area contributed by atoms with E-state index in [0.29, 0.717) is 29.0 Å². The second-order valence-electron chi connectivity index (χ2n) is 8.89. The zero-order valence-electron chi connectivity index (χ0n) is 21.3. The molecule has 0 radical (unpaired) electrons. The number of rotatable bonds is 10. The number of carbonyl (C=O) groups is 3. The van der Waals surface area contributed by atoms with E-state index in [1.165, 1.54) is 24.3 Å². The highest BCUT2D eigenvalue weighted by atomic mass is 32.2. The SMILES string of the molecule is O=C(O)CC(c1ccccc1)S(=O)(=O)c1ccc(NC(=O)c2ccc(NC(=O)NCc3ccccc3)cc2)cc1. The van der Waals surface area contributed by atoms with Gasteiger partial charge in [-0.15, -0.1) is 0 Å². The Hall–Kier alpha value is -4.96. The van der Waals surface area contributed by atoms with Gasteiger partial charge in [0.25, 0.3) is 5.91 Å². The van der Waals surface area contributed by atoms with Crippen LogP contribution in [0.5, 0.6) is 0 Å². The molecule has 0 aliphatic rings. The fourth-order valence-electron chi connectivity index (χ4n) is 3.99. The Morgan fingerprint density at radius 3 is 1.85 bits per heavy atom. The zero-order chi connectivity index (χ0) is 28.5. The van der Waals surface area contributed by atoms with E-state index < -0.39 is 33.4 Å². The first-order valence-corrected chi connectivity index (χ1v) is 13.9. The Balaban J connectivity index is 1.37. The number of hydrogen-bond donors (Lipinski definition) is 4. The molecule has 4 N–H and O–H groups in total. The molecule has 4 rings (SSSR count). The quantitative estimate of drug-likeness (QED) is 0.210. The number of anilines is 2. The topological polar surface area (TPSA) is 142 Å². The summed E-state index contributed by atoms with van der Waals surface area (Å²) >= 11 is 0. The highest BCUT2D eigenvalue weighted by Gasteiger charge is 2.31. The number of nitrogens with one attached hydrogen (secondary N) is 3. The molecule has 0 aliphatic carbocycles. The highest BCUT2D eigenvalue weighted by Crippen LogP contribution is 2.32. The van der Waals surface area contributed by atoms with E-state index in [4.69, 9.17) is 0 Å². The van der Waals surface area contributed by atoms with Gasteiger partial charge in [-0.25, -0.2) is 13.2 Å². The molecule has 10 heteroatoms. The van der Waals surface area contributed by atoms with Crippen LogP contribution in [0.2, 0.25) is 0 Å². The van der Waals surface area contributed by atoms with Crippen LogP contribution in [0.1, 0.15) is 33.2 Å². The van der Waals surface area contributed by atoms with Crippen molar-refractivity contribution in [2.24, 2.45) is 0 Å². The molecular weight excluding hydrogens is 530 g/mol. The fraction of sp³-hybridized carbons (Fsp3) is 0.100. The Kier molecular flexibility index (Phi) is 8.93. The summed E-state index contributed by atoms with van der Waals surface area (Å²) in [5.74, 6) is -1.65. The number of sulfone groups is 1. The molecule has 0 fully saturated rings. The number of urea groups is 1. The Labute approximate surface area is 231 Å². The van der Waals surface area contributed by atoms with Gasteiger partial charge in [0, 0.05) is 23.5 Å². The lowest BCUT2D eigenvalue weighted by molar-refractivity contribution is -0.137. The van der Waals surface area contributed by atoms with Crippen molar-refractivity contribution in [3.63, 3.8) is 0 Å². The van der Waals surface area contributed by atoms with Gasteiger partial charge in [-0.1, -0.05) is 60.7 Å². The molecule has 1 unspecified atom stereocenters. The van der Waals surface area contributed by atoms with Gasteiger partial charge in [-0.05, 0) is 59.7 Å². The first-order valence-electron chi connectivity index (χ1n) is 12.3. The third-order valence-electron chi connectivity index (χ3n) is 6.05. The summed E-state index contributed by atoms with van der Waals surface area (Å²) in [5.41, 5.74) is 2.55. The number of amides is 3. The van der Waals surface area contributed by atoms with Crippen LogP contribution < -0.4 is 16.0 Å². The molecule has 3 amide bonds. The van der Waals surface area contributed by atoms with Crippen molar-refractivity contribution in [3.8, 4) is 0 Å². The summed E-state index contributed by atoms with van der Waals surface area (Å²) < 4.78 is 26.5. The summed E-state index contributed by atoms with van der Waals surface area (Å²) in [6.07, 6.45) is -0.579. The lowest BCUT2D eigenvalue weighted by Crippen LogP contribution is -2.28. The van der Waals surface area contributed by atoms with Crippen LogP contribution in [0.4, 0.5) is 16.2 Å². The number of carboxylic acids is 1. The van der Waals surface area contributed by atoms with Crippen molar-refractivity contribution in [1.82, 2.24) is 5.32 Å². The molecule has 0 aliphatic heterocycles. The lowest BCUT2D eigenvalue weighted by atomic mass is 10.1. The molecule has 9 nitrogen and oxygen atoms in total. The molecular formula is C30H27N3O6S. The van der Waals surface area contributed by atoms with Crippen LogP contribution in [0.25, 0.3) is 0 Å². The van der Waals surface area contributed by atoms with Crippen molar-refractivity contribution in [2.75, 3.05) is 10.6 Å². The van der Waals surface area contributed by atoms with Crippen LogP contribution in [0.15, 0.2) is 114 Å². The summed E-state index contributed by atoms with van der Waals surface area (Å²) in [4.78, 5) is 36.2. The minimum Gasteiger partial charge on any atom is -0.481 e. The van der Waals surface area contributed by atoms with E-state index in [1.54, 1.807) is 54.6 Å². The molecule has 0 aromatic heterocycles. The maximum atomic E-state index is 13.3. The molecule has 0 saturated carbocycles. The van der Waals surface area contributed by atoms with Crippen LogP contribution in [-0.4, -0.2) is 31.4 Å². The molecule has 0 saturated heterocycles. The molecule has 40 heavy (non-hydrogen) atoms. The second kappa shape index (κ2) is 12.7. The molecule has 204 valence electrons. The van der Waals surface area contributed by atoms with Crippen LogP contribution in [-0.2, 0) is 21.2 Å². The van der Waals surface area contributed by atoms with Gasteiger partial charge in [-0.2, -0.15) is 0 Å². The van der Waals surface area contributed by atoms with E-state index in [9.17, 15) is 27.9 Å². The van der Waals surface area contributed by atoms with Crippen LogP contribution in [0.3, 0.4) is 0 Å². The monoisotopic (exact) mass is 557 g/mol. The smallest absolute Gasteiger partial charge is 0.319 e. The molecule has 1 atom stereocenters. The summed E-state index contributed by atoms with van der Waals surface area (Å²) in [6.45, 7) is 0.375. The average Bonchev–Trinajstić information content (AvgIpc) is 2.96. The number of carboxylic acid groups (broad SMARTS) is 1. The number of aliphatic carboxylic acids is 1. The number of hydrogen-bond acceptors (Lipinski definition) is 5. The van der Waals surface area contributed by atoms with Gasteiger partial charge in [0.15, 0.2) is 9.84 Å². The predicted molar refractivity (Wildman–Crippen MR) is 152 cm³/mol. The largest absolute Gasteiger partial charge is 0.481 e. The zero-order valence-corrected chi connectivity index (χ0v) is 22.1. The minimum absolute atomic E-state index is 0.0541. The Bertz CT molecular complexity index is 1570. The standard InChI is InChI=1S/C30H27N3O6S/c34-28(35)19-27(22-9-5-2-6-10-22)40(38,39)26-17-15-24(16-18-26)32-29(36)23-11-13-25(14-12-23)33-30(37)31-20-21-7-3-1-4-8-21/h1-18,27H,19-20H2,(H,32,36)(H,34,35)(H2,31,33,37). The van der Waals surface area contributed by atoms with Crippen molar-refractivity contribution in [2.45, 2.75) is 23.1 Å². The molecule has 4 aromatic rings. The lowest BCUT2D eigenvalue weighted by Gasteiger charge is -2.17.